The molecule has 0 unspecified atom stereocenters. The molecule has 0 aliphatic heterocycles. The van der Waals surface area contributed by atoms with Gasteiger partial charge < -0.3 is 0 Å². The molecule has 1 aromatic rings. The Balaban J connectivity index is 2.74. The lowest BCUT2D eigenvalue weighted by atomic mass is 9.91. The van der Waals surface area contributed by atoms with Gasteiger partial charge in [-0.1, -0.05) is 20.8 Å². The van der Waals surface area contributed by atoms with E-state index in [1.54, 1.807) is 20.8 Å². The number of hydrogen-bond donors (Lipinski definition) is 0. The van der Waals surface area contributed by atoms with E-state index in [9.17, 15) is 14.9 Å². The molecule has 0 radical (unpaired) electrons. The van der Waals surface area contributed by atoms with Crippen LogP contribution in [0.1, 0.15) is 20.8 Å². The SMILES string of the molecule is CC(C)(C)C(=O)Cn1cc([N+](=O)[O-])cn1. The van der Waals surface area contributed by atoms with Gasteiger partial charge in [0.2, 0.25) is 0 Å². The number of carbonyl (C=O) groups excluding carboxylic acids is 1. The number of ketones is 1. The van der Waals surface area contributed by atoms with Gasteiger partial charge in [0, 0.05) is 5.41 Å². The Hall–Kier alpha value is -1.72. The summed E-state index contributed by atoms with van der Waals surface area (Å²) in [5.41, 5.74) is -0.558. The number of nitrogens with zero attached hydrogens (tertiary/aromatic N) is 3. The standard InChI is InChI=1S/C9H13N3O3/c1-9(2,3)8(13)6-11-5-7(4-10-11)12(14)15/h4-5H,6H2,1-3H3. The molecule has 1 aromatic heterocycles. The number of carbonyl (C=O) groups is 1. The third kappa shape index (κ3) is 2.87. The summed E-state index contributed by atoms with van der Waals surface area (Å²) in [5, 5.41) is 14.1. The van der Waals surface area contributed by atoms with Crippen molar-refractivity contribution in [3.8, 4) is 0 Å². The molecule has 1 heterocycles. The summed E-state index contributed by atoms with van der Waals surface area (Å²) >= 11 is 0. The van der Waals surface area contributed by atoms with Crippen LogP contribution in [0.25, 0.3) is 0 Å². The highest BCUT2D eigenvalue weighted by atomic mass is 16.6. The van der Waals surface area contributed by atoms with E-state index in [0.717, 1.165) is 6.20 Å². The summed E-state index contributed by atoms with van der Waals surface area (Å²) < 4.78 is 1.28. The number of Topliss-reactive ketones (excluding diaryl/α,β-unsaturated/α-hetero) is 1. The maximum atomic E-state index is 11.6. The van der Waals surface area contributed by atoms with Gasteiger partial charge in [0.15, 0.2) is 5.78 Å². The van der Waals surface area contributed by atoms with E-state index < -0.39 is 10.3 Å². The monoisotopic (exact) mass is 211 g/mol. The van der Waals surface area contributed by atoms with Crippen LogP contribution >= 0.6 is 0 Å². The van der Waals surface area contributed by atoms with Gasteiger partial charge in [-0.3, -0.25) is 19.6 Å². The Morgan fingerprint density at radius 3 is 2.60 bits per heavy atom. The topological polar surface area (TPSA) is 78.0 Å². The first-order chi connectivity index (χ1) is 6.80. The lowest BCUT2D eigenvalue weighted by Gasteiger charge is -2.15. The highest BCUT2D eigenvalue weighted by Crippen LogP contribution is 2.16. The molecule has 0 spiro atoms. The van der Waals surface area contributed by atoms with Gasteiger partial charge in [-0.15, -0.1) is 0 Å². The van der Waals surface area contributed by atoms with Gasteiger partial charge >= 0.3 is 5.69 Å². The maximum absolute atomic E-state index is 11.6. The first kappa shape index (κ1) is 11.4. The summed E-state index contributed by atoms with van der Waals surface area (Å²) in [4.78, 5) is 21.4. The molecule has 1 rings (SSSR count). The molecule has 0 bridgehead atoms. The van der Waals surface area contributed by atoms with Gasteiger partial charge in [-0.2, -0.15) is 5.10 Å². The highest BCUT2D eigenvalue weighted by molar-refractivity contribution is 5.83. The minimum Gasteiger partial charge on any atom is -0.297 e. The summed E-state index contributed by atoms with van der Waals surface area (Å²) in [6.45, 7) is 5.46. The van der Waals surface area contributed by atoms with Crippen molar-refractivity contribution in [3.05, 3.63) is 22.5 Å². The first-order valence-electron chi connectivity index (χ1n) is 4.51. The van der Waals surface area contributed by atoms with E-state index in [0.29, 0.717) is 0 Å². The second kappa shape index (κ2) is 3.80. The third-order valence-electron chi connectivity index (χ3n) is 1.97. The van der Waals surface area contributed by atoms with Crippen LogP contribution in [0.2, 0.25) is 0 Å². The van der Waals surface area contributed by atoms with E-state index >= 15 is 0 Å². The van der Waals surface area contributed by atoms with E-state index in [4.69, 9.17) is 0 Å². The Morgan fingerprint density at radius 2 is 2.20 bits per heavy atom. The van der Waals surface area contributed by atoms with Crippen LogP contribution in [-0.2, 0) is 11.3 Å². The predicted molar refractivity (Wildman–Crippen MR) is 53.3 cm³/mol. The molecule has 6 nitrogen and oxygen atoms in total. The summed E-state index contributed by atoms with van der Waals surface area (Å²) in [7, 11) is 0. The third-order valence-corrected chi connectivity index (χ3v) is 1.97. The fourth-order valence-corrected chi connectivity index (χ4v) is 0.918. The quantitative estimate of drug-likeness (QED) is 0.559. The van der Waals surface area contributed by atoms with Crippen LogP contribution < -0.4 is 0 Å². The first-order valence-corrected chi connectivity index (χ1v) is 4.51. The fraction of sp³-hybridized carbons (Fsp3) is 0.556. The van der Waals surface area contributed by atoms with Crippen LogP contribution in [0.4, 0.5) is 5.69 Å². The van der Waals surface area contributed by atoms with Crippen molar-refractivity contribution >= 4 is 11.5 Å². The Kier molecular flexibility index (Phi) is 2.88. The molecule has 0 saturated heterocycles. The molecule has 0 aliphatic carbocycles. The van der Waals surface area contributed by atoms with Gasteiger partial charge in [0.25, 0.3) is 0 Å². The van der Waals surface area contributed by atoms with Crippen molar-refractivity contribution in [2.24, 2.45) is 5.41 Å². The fourth-order valence-electron chi connectivity index (χ4n) is 0.918. The van der Waals surface area contributed by atoms with Crippen molar-refractivity contribution < 1.29 is 9.72 Å². The zero-order chi connectivity index (χ0) is 11.6. The summed E-state index contributed by atoms with van der Waals surface area (Å²) in [6.07, 6.45) is 2.39. The lowest BCUT2D eigenvalue weighted by Crippen LogP contribution is -2.25. The molecule has 0 N–H and O–H groups in total. The predicted octanol–water partition coefficient (Wildman–Crippen LogP) is 1.41. The molecule has 15 heavy (non-hydrogen) atoms. The zero-order valence-corrected chi connectivity index (χ0v) is 8.93. The molecule has 0 amide bonds. The number of rotatable bonds is 3. The number of hydrogen-bond acceptors (Lipinski definition) is 4. The van der Waals surface area contributed by atoms with Gasteiger partial charge in [0.05, 0.1) is 4.92 Å². The van der Waals surface area contributed by atoms with Crippen molar-refractivity contribution in [1.29, 1.82) is 0 Å². The van der Waals surface area contributed by atoms with Crippen LogP contribution in [-0.4, -0.2) is 20.5 Å². The molecule has 0 fully saturated rings. The largest absolute Gasteiger partial charge is 0.307 e. The summed E-state index contributed by atoms with van der Waals surface area (Å²) in [5.74, 6) is -0.0134. The molecule has 0 aliphatic rings. The molecular weight excluding hydrogens is 198 g/mol. The van der Waals surface area contributed by atoms with Crippen LogP contribution in [0.5, 0.6) is 0 Å². The van der Waals surface area contributed by atoms with Gasteiger partial charge in [-0.25, -0.2) is 0 Å². The normalized spacial score (nSPS) is 11.4. The zero-order valence-electron chi connectivity index (χ0n) is 8.93. The number of aromatic nitrogens is 2. The minimum absolute atomic E-state index is 0.0134. The molecule has 0 aromatic carbocycles. The lowest BCUT2D eigenvalue weighted by molar-refractivity contribution is -0.385. The van der Waals surface area contributed by atoms with E-state index in [2.05, 4.69) is 5.10 Å². The minimum atomic E-state index is -0.537. The number of nitro groups is 1. The van der Waals surface area contributed by atoms with E-state index in [1.165, 1.54) is 10.9 Å². The van der Waals surface area contributed by atoms with Crippen LogP contribution in [0.15, 0.2) is 12.4 Å². The average Bonchev–Trinajstić information content (AvgIpc) is 2.50. The Morgan fingerprint density at radius 1 is 1.60 bits per heavy atom. The van der Waals surface area contributed by atoms with Crippen molar-refractivity contribution in [2.45, 2.75) is 27.3 Å². The van der Waals surface area contributed by atoms with Gasteiger partial charge in [-0.05, 0) is 0 Å². The second-order valence-electron chi connectivity index (χ2n) is 4.33. The second-order valence-corrected chi connectivity index (χ2v) is 4.33. The van der Waals surface area contributed by atoms with Gasteiger partial charge in [0.1, 0.15) is 18.9 Å². The van der Waals surface area contributed by atoms with Crippen molar-refractivity contribution in [1.82, 2.24) is 9.78 Å². The van der Waals surface area contributed by atoms with Crippen LogP contribution in [0.3, 0.4) is 0 Å². The molecular formula is C9H13N3O3. The van der Waals surface area contributed by atoms with E-state index in [-0.39, 0.29) is 18.0 Å². The maximum Gasteiger partial charge on any atom is 0.307 e. The molecule has 6 heteroatoms. The highest BCUT2D eigenvalue weighted by Gasteiger charge is 2.22. The Labute approximate surface area is 87.0 Å². The Bertz CT molecular complexity index is 390. The molecule has 82 valence electrons. The van der Waals surface area contributed by atoms with Crippen molar-refractivity contribution in [3.63, 3.8) is 0 Å². The molecule has 0 atom stereocenters. The average molecular weight is 211 g/mol. The molecule has 0 saturated carbocycles. The van der Waals surface area contributed by atoms with Crippen LogP contribution in [0, 0.1) is 15.5 Å². The van der Waals surface area contributed by atoms with Crippen molar-refractivity contribution in [2.75, 3.05) is 0 Å². The van der Waals surface area contributed by atoms with E-state index in [1.807, 2.05) is 0 Å². The summed E-state index contributed by atoms with van der Waals surface area (Å²) in [6, 6.07) is 0. The smallest absolute Gasteiger partial charge is 0.297 e.